The highest BCUT2D eigenvalue weighted by Gasteiger charge is 2.16. The van der Waals surface area contributed by atoms with Gasteiger partial charge in [-0.2, -0.15) is 0 Å². The lowest BCUT2D eigenvalue weighted by Gasteiger charge is -2.08. The van der Waals surface area contributed by atoms with Crippen molar-refractivity contribution >= 4 is 17.2 Å². The number of nitrogens with one attached hydrogen (secondary N) is 2. The largest absolute Gasteiger partial charge is 0.351 e. The molecule has 0 aliphatic carbocycles. The molecule has 0 saturated carbocycles. The second kappa shape index (κ2) is 7.03. The predicted molar refractivity (Wildman–Crippen MR) is 90.2 cm³/mol. The Morgan fingerprint density at radius 2 is 2.32 bits per heavy atom. The van der Waals surface area contributed by atoms with Crippen LogP contribution in [0, 0.1) is 12.8 Å². The molecule has 1 amide bonds. The molecule has 22 heavy (non-hydrogen) atoms. The van der Waals surface area contributed by atoms with Crippen molar-refractivity contribution in [2.75, 3.05) is 19.6 Å². The molecule has 116 valence electrons. The quantitative estimate of drug-likeness (QED) is 0.892. The average molecular weight is 315 g/mol. The number of benzene rings is 1. The van der Waals surface area contributed by atoms with E-state index >= 15 is 0 Å². The predicted octanol–water partition coefficient (Wildman–Crippen LogP) is 2.85. The summed E-state index contributed by atoms with van der Waals surface area (Å²) in [6, 6.07) is 8.12. The van der Waals surface area contributed by atoms with Gasteiger partial charge in [0, 0.05) is 17.5 Å². The van der Waals surface area contributed by atoms with Crippen LogP contribution in [0.15, 0.2) is 29.6 Å². The Bertz CT molecular complexity index is 647. The van der Waals surface area contributed by atoms with Crippen molar-refractivity contribution in [2.45, 2.75) is 19.8 Å². The van der Waals surface area contributed by atoms with Gasteiger partial charge in [0.1, 0.15) is 10.7 Å². The topological polar surface area (TPSA) is 54.0 Å². The first-order chi connectivity index (χ1) is 10.7. The van der Waals surface area contributed by atoms with E-state index in [0.29, 0.717) is 11.6 Å². The summed E-state index contributed by atoms with van der Waals surface area (Å²) in [5, 5.41) is 9.08. The van der Waals surface area contributed by atoms with Crippen molar-refractivity contribution in [2.24, 2.45) is 5.92 Å². The van der Waals surface area contributed by atoms with Crippen LogP contribution in [0.4, 0.5) is 0 Å². The zero-order valence-corrected chi connectivity index (χ0v) is 13.6. The van der Waals surface area contributed by atoms with E-state index in [-0.39, 0.29) is 5.91 Å². The van der Waals surface area contributed by atoms with Crippen LogP contribution < -0.4 is 10.6 Å². The van der Waals surface area contributed by atoms with Crippen LogP contribution >= 0.6 is 11.3 Å². The number of amides is 1. The Kier molecular flexibility index (Phi) is 4.85. The number of carbonyl (C=O) groups is 1. The Morgan fingerprint density at radius 1 is 1.45 bits per heavy atom. The monoisotopic (exact) mass is 315 g/mol. The fourth-order valence-corrected chi connectivity index (χ4v) is 3.65. The molecular weight excluding hydrogens is 294 g/mol. The van der Waals surface area contributed by atoms with Crippen molar-refractivity contribution in [3.63, 3.8) is 0 Å². The number of nitrogens with zero attached hydrogens (tertiary/aromatic N) is 1. The number of hydrogen-bond donors (Lipinski definition) is 2. The van der Waals surface area contributed by atoms with Crippen LogP contribution in [0.25, 0.3) is 10.6 Å². The summed E-state index contributed by atoms with van der Waals surface area (Å²) in [7, 11) is 0. The van der Waals surface area contributed by atoms with E-state index in [2.05, 4.69) is 28.6 Å². The molecule has 1 aliphatic heterocycles. The maximum Gasteiger partial charge on any atom is 0.270 e. The van der Waals surface area contributed by atoms with Crippen LogP contribution in [0.5, 0.6) is 0 Å². The molecule has 3 rings (SSSR count). The minimum Gasteiger partial charge on any atom is -0.351 e. The zero-order valence-electron chi connectivity index (χ0n) is 12.8. The standard InChI is InChI=1S/C17H21N3OS/c1-12-4-2-3-5-14(12)17-20-15(11-22-17)16(21)19-9-7-13-6-8-18-10-13/h2-5,11,13,18H,6-10H2,1H3,(H,19,21). The molecule has 0 spiro atoms. The number of hydrogen-bond acceptors (Lipinski definition) is 4. The summed E-state index contributed by atoms with van der Waals surface area (Å²) in [6.07, 6.45) is 2.25. The Morgan fingerprint density at radius 3 is 3.09 bits per heavy atom. The molecule has 2 aromatic rings. The molecule has 0 bridgehead atoms. The molecule has 1 aromatic heterocycles. The molecule has 1 atom stereocenters. The summed E-state index contributed by atoms with van der Waals surface area (Å²) < 4.78 is 0. The minimum atomic E-state index is -0.0676. The number of aryl methyl sites for hydroxylation is 1. The van der Waals surface area contributed by atoms with Crippen molar-refractivity contribution in [1.82, 2.24) is 15.6 Å². The Balaban J connectivity index is 1.58. The molecule has 1 aliphatic rings. The first-order valence-electron chi connectivity index (χ1n) is 7.74. The van der Waals surface area contributed by atoms with E-state index in [0.717, 1.165) is 36.6 Å². The summed E-state index contributed by atoms with van der Waals surface area (Å²) in [5.41, 5.74) is 2.80. The van der Waals surface area contributed by atoms with Gasteiger partial charge in [-0.15, -0.1) is 11.3 Å². The van der Waals surface area contributed by atoms with Crippen molar-refractivity contribution in [3.05, 3.63) is 40.9 Å². The highest BCUT2D eigenvalue weighted by molar-refractivity contribution is 7.13. The third-order valence-corrected chi connectivity index (χ3v) is 4.99. The van der Waals surface area contributed by atoms with Gasteiger partial charge in [-0.05, 0) is 44.3 Å². The van der Waals surface area contributed by atoms with Gasteiger partial charge in [0.15, 0.2) is 0 Å². The molecule has 2 N–H and O–H groups in total. The highest BCUT2D eigenvalue weighted by Crippen LogP contribution is 2.26. The van der Waals surface area contributed by atoms with E-state index in [1.165, 1.54) is 23.3 Å². The second-order valence-electron chi connectivity index (χ2n) is 5.76. The minimum absolute atomic E-state index is 0.0676. The molecule has 1 fully saturated rings. The number of thiazole rings is 1. The summed E-state index contributed by atoms with van der Waals surface area (Å²) >= 11 is 1.52. The maximum absolute atomic E-state index is 12.2. The van der Waals surface area contributed by atoms with Gasteiger partial charge >= 0.3 is 0 Å². The molecular formula is C17H21N3OS. The second-order valence-corrected chi connectivity index (χ2v) is 6.61. The van der Waals surface area contributed by atoms with Gasteiger partial charge in [0.05, 0.1) is 0 Å². The first-order valence-corrected chi connectivity index (χ1v) is 8.62. The van der Waals surface area contributed by atoms with Gasteiger partial charge in [0.25, 0.3) is 5.91 Å². The number of aromatic nitrogens is 1. The molecule has 4 nitrogen and oxygen atoms in total. The van der Waals surface area contributed by atoms with Crippen molar-refractivity contribution in [1.29, 1.82) is 0 Å². The van der Waals surface area contributed by atoms with Gasteiger partial charge in [-0.25, -0.2) is 4.98 Å². The summed E-state index contributed by atoms with van der Waals surface area (Å²) in [4.78, 5) is 16.7. The van der Waals surface area contributed by atoms with E-state index in [1.54, 1.807) is 0 Å². The van der Waals surface area contributed by atoms with E-state index < -0.39 is 0 Å². The van der Waals surface area contributed by atoms with E-state index in [9.17, 15) is 4.79 Å². The van der Waals surface area contributed by atoms with Crippen molar-refractivity contribution < 1.29 is 4.79 Å². The van der Waals surface area contributed by atoms with Crippen LogP contribution in [-0.4, -0.2) is 30.5 Å². The maximum atomic E-state index is 12.2. The Labute approximate surface area is 135 Å². The molecule has 5 heteroatoms. The van der Waals surface area contributed by atoms with Gasteiger partial charge in [0.2, 0.25) is 0 Å². The third-order valence-electron chi connectivity index (χ3n) is 4.11. The van der Waals surface area contributed by atoms with E-state index in [4.69, 9.17) is 0 Å². The van der Waals surface area contributed by atoms with Crippen molar-refractivity contribution in [3.8, 4) is 10.6 Å². The summed E-state index contributed by atoms with van der Waals surface area (Å²) in [5.74, 6) is 0.625. The lowest BCUT2D eigenvalue weighted by Crippen LogP contribution is -2.26. The Hall–Kier alpha value is -1.72. The molecule has 1 unspecified atom stereocenters. The van der Waals surface area contributed by atoms with Gasteiger partial charge < -0.3 is 10.6 Å². The fraction of sp³-hybridized carbons (Fsp3) is 0.412. The number of rotatable bonds is 5. The first kappa shape index (κ1) is 15.2. The van der Waals surface area contributed by atoms with E-state index in [1.807, 2.05) is 23.6 Å². The third kappa shape index (κ3) is 3.54. The SMILES string of the molecule is Cc1ccccc1-c1nc(C(=O)NCCC2CCNC2)cs1. The highest BCUT2D eigenvalue weighted by atomic mass is 32.1. The lowest BCUT2D eigenvalue weighted by molar-refractivity contribution is 0.0947. The number of carbonyl (C=O) groups excluding carboxylic acids is 1. The molecule has 1 saturated heterocycles. The average Bonchev–Trinajstić information content (AvgIpc) is 3.19. The summed E-state index contributed by atoms with van der Waals surface area (Å²) in [6.45, 7) is 4.96. The van der Waals surface area contributed by atoms with Crippen LogP contribution in [-0.2, 0) is 0 Å². The lowest BCUT2D eigenvalue weighted by atomic mass is 10.1. The fourth-order valence-electron chi connectivity index (χ4n) is 2.76. The normalized spacial score (nSPS) is 17.6. The zero-order chi connectivity index (χ0) is 15.4. The van der Waals surface area contributed by atoms with Gasteiger partial charge in [-0.3, -0.25) is 4.79 Å². The van der Waals surface area contributed by atoms with Crippen LogP contribution in [0.1, 0.15) is 28.9 Å². The van der Waals surface area contributed by atoms with Gasteiger partial charge in [-0.1, -0.05) is 24.3 Å². The molecule has 1 aromatic carbocycles. The smallest absolute Gasteiger partial charge is 0.270 e. The molecule has 2 heterocycles. The molecule has 0 radical (unpaired) electrons. The van der Waals surface area contributed by atoms with Crippen LogP contribution in [0.2, 0.25) is 0 Å². The van der Waals surface area contributed by atoms with Crippen LogP contribution in [0.3, 0.4) is 0 Å².